The molecule has 0 radical (unpaired) electrons. The van der Waals surface area contributed by atoms with Gasteiger partial charge in [-0.2, -0.15) is 0 Å². The summed E-state index contributed by atoms with van der Waals surface area (Å²) in [4.78, 5) is 74.9. The van der Waals surface area contributed by atoms with Crippen LogP contribution < -0.4 is 16.1 Å². The fraction of sp³-hybridized carbons (Fsp3) is 0.400. The molecule has 4 amide bonds. The Morgan fingerprint density at radius 1 is 0.860 bits per heavy atom. The summed E-state index contributed by atoms with van der Waals surface area (Å²) in [5, 5.41) is 14.9. The minimum Gasteiger partial charge on any atom is -0.480 e. The number of amides is 4. The molecule has 2 aromatic rings. The van der Waals surface area contributed by atoms with Crippen molar-refractivity contribution in [1.29, 1.82) is 0 Å². The fourth-order valence-corrected chi connectivity index (χ4v) is 4.03. The van der Waals surface area contributed by atoms with Gasteiger partial charge in [0.15, 0.2) is 12.2 Å². The molecule has 13 nitrogen and oxygen atoms in total. The number of hydrazine groups is 1. The average Bonchev–Trinajstić information content (AvgIpc) is 3.78. The number of carboxylic acid groups (broad SMARTS) is 1. The summed E-state index contributed by atoms with van der Waals surface area (Å²) < 4.78 is 10.3. The first-order valence-corrected chi connectivity index (χ1v) is 13.8. The van der Waals surface area contributed by atoms with E-state index >= 15 is 0 Å². The Morgan fingerprint density at radius 3 is 2.05 bits per heavy atom. The van der Waals surface area contributed by atoms with E-state index in [9.17, 15) is 33.9 Å². The zero-order valence-corrected chi connectivity index (χ0v) is 24.1. The normalized spacial score (nSPS) is 16.7. The quantitative estimate of drug-likeness (QED) is 0.139. The van der Waals surface area contributed by atoms with Gasteiger partial charge < -0.3 is 25.2 Å². The van der Waals surface area contributed by atoms with Crippen molar-refractivity contribution in [3.05, 3.63) is 71.8 Å². The number of benzene rings is 2. The molecule has 0 aromatic heterocycles. The van der Waals surface area contributed by atoms with Crippen LogP contribution in [0.15, 0.2) is 60.7 Å². The largest absolute Gasteiger partial charge is 0.480 e. The Balaban J connectivity index is 1.52. The molecule has 1 saturated heterocycles. The molecule has 0 unspecified atom stereocenters. The maximum Gasteiger partial charge on any atom is 0.338 e. The van der Waals surface area contributed by atoms with Crippen LogP contribution in [0.1, 0.15) is 38.3 Å². The molecule has 1 fully saturated rings. The number of epoxide rings is 1. The van der Waals surface area contributed by atoms with Crippen molar-refractivity contribution >= 4 is 35.6 Å². The third-order valence-electron chi connectivity index (χ3n) is 6.50. The SMILES string of the molecule is CC(C)[C@H](NC(=O)CCc1ccccc1)C(=O)N[C@@H](C)C(=O)NN(CC(=O)O)C(=O)[C@H]1O[C@@H]1C(=O)OCc1ccccc1. The number of hydrogen-bond donors (Lipinski definition) is 4. The fourth-order valence-electron chi connectivity index (χ4n) is 4.03. The second-order valence-corrected chi connectivity index (χ2v) is 10.4. The number of esters is 1. The van der Waals surface area contributed by atoms with Gasteiger partial charge in [-0.25, -0.2) is 9.80 Å². The van der Waals surface area contributed by atoms with E-state index in [1.54, 1.807) is 44.2 Å². The Labute approximate surface area is 248 Å². The van der Waals surface area contributed by atoms with E-state index < -0.39 is 60.5 Å². The first-order valence-electron chi connectivity index (χ1n) is 13.8. The lowest BCUT2D eigenvalue weighted by molar-refractivity contribution is -0.151. The van der Waals surface area contributed by atoms with Gasteiger partial charge in [-0.1, -0.05) is 74.5 Å². The van der Waals surface area contributed by atoms with E-state index in [0.717, 1.165) is 11.1 Å². The highest BCUT2D eigenvalue weighted by atomic mass is 16.6. The van der Waals surface area contributed by atoms with E-state index in [4.69, 9.17) is 9.47 Å². The van der Waals surface area contributed by atoms with Gasteiger partial charge >= 0.3 is 11.9 Å². The highest BCUT2D eigenvalue weighted by molar-refractivity contribution is 5.96. The smallest absolute Gasteiger partial charge is 0.338 e. The summed E-state index contributed by atoms with van der Waals surface area (Å²) in [6, 6.07) is 16.1. The molecular formula is C30H36N4O9. The Kier molecular flexibility index (Phi) is 11.8. The van der Waals surface area contributed by atoms with Crippen LogP contribution in [-0.4, -0.2) is 76.5 Å². The Hall–Kier alpha value is -4.78. The summed E-state index contributed by atoms with van der Waals surface area (Å²) in [5.74, 6) is -5.40. The molecule has 230 valence electrons. The van der Waals surface area contributed by atoms with Gasteiger partial charge in [-0.15, -0.1) is 0 Å². The second kappa shape index (κ2) is 15.4. The van der Waals surface area contributed by atoms with E-state index in [2.05, 4.69) is 16.1 Å². The number of carbonyl (C=O) groups is 6. The lowest BCUT2D eigenvalue weighted by atomic mass is 10.0. The molecule has 0 spiro atoms. The van der Waals surface area contributed by atoms with E-state index in [1.807, 2.05) is 30.3 Å². The maximum absolute atomic E-state index is 13.0. The van der Waals surface area contributed by atoms with Crippen LogP contribution >= 0.6 is 0 Å². The molecule has 0 saturated carbocycles. The van der Waals surface area contributed by atoms with Crippen molar-refractivity contribution in [2.24, 2.45) is 5.92 Å². The molecule has 4 atom stereocenters. The summed E-state index contributed by atoms with van der Waals surface area (Å²) in [5.41, 5.74) is 3.87. The molecule has 3 rings (SSSR count). The number of carboxylic acids is 1. The molecule has 43 heavy (non-hydrogen) atoms. The molecular weight excluding hydrogens is 560 g/mol. The Bertz CT molecular complexity index is 1300. The molecule has 0 bridgehead atoms. The van der Waals surface area contributed by atoms with Crippen LogP contribution in [0.3, 0.4) is 0 Å². The van der Waals surface area contributed by atoms with E-state index in [-0.39, 0.29) is 24.9 Å². The summed E-state index contributed by atoms with van der Waals surface area (Å²) in [7, 11) is 0. The predicted molar refractivity (Wildman–Crippen MR) is 152 cm³/mol. The molecule has 4 N–H and O–H groups in total. The third-order valence-corrected chi connectivity index (χ3v) is 6.50. The molecule has 13 heteroatoms. The first-order chi connectivity index (χ1) is 20.5. The standard InChI is InChI=1S/C30H36N4O9/c1-18(2)24(32-22(35)15-14-20-10-6-4-7-11-20)28(39)31-19(3)27(38)33-34(16-23(36)37)29(40)25-26(43-25)30(41)42-17-21-12-8-5-9-13-21/h4-13,18-19,24-26H,14-17H2,1-3H3,(H,31,39)(H,32,35)(H,33,38)(H,36,37)/t19-,24-,25-,26-/m0/s1. The van der Waals surface area contributed by atoms with Crippen LogP contribution in [0, 0.1) is 5.92 Å². The summed E-state index contributed by atoms with van der Waals surface area (Å²) in [6.45, 7) is 3.83. The van der Waals surface area contributed by atoms with Gasteiger partial charge in [0.1, 0.15) is 25.2 Å². The number of hydrogen-bond acceptors (Lipinski definition) is 8. The number of nitrogens with zero attached hydrogens (tertiary/aromatic N) is 1. The van der Waals surface area contributed by atoms with Crippen molar-refractivity contribution in [1.82, 2.24) is 21.1 Å². The van der Waals surface area contributed by atoms with Crippen molar-refractivity contribution in [3.63, 3.8) is 0 Å². The summed E-state index contributed by atoms with van der Waals surface area (Å²) in [6.07, 6.45) is -1.95. The number of ether oxygens (including phenoxy) is 2. The van der Waals surface area contributed by atoms with Crippen molar-refractivity contribution < 1.29 is 43.3 Å². The van der Waals surface area contributed by atoms with Crippen LogP contribution in [-0.2, 0) is 51.3 Å². The van der Waals surface area contributed by atoms with Gasteiger partial charge in [0.05, 0.1) is 0 Å². The number of aryl methyl sites for hydroxylation is 1. The van der Waals surface area contributed by atoms with Crippen LogP contribution in [0.25, 0.3) is 0 Å². The first kappa shape index (κ1) is 32.7. The van der Waals surface area contributed by atoms with Gasteiger partial charge in [-0.05, 0) is 30.4 Å². The molecule has 1 heterocycles. The number of aliphatic carboxylic acids is 1. The average molecular weight is 597 g/mol. The number of carbonyl (C=O) groups excluding carboxylic acids is 5. The molecule has 2 aromatic carbocycles. The van der Waals surface area contributed by atoms with Crippen molar-refractivity contribution in [2.75, 3.05) is 6.54 Å². The van der Waals surface area contributed by atoms with Gasteiger partial charge in [0.25, 0.3) is 11.8 Å². The molecule has 1 aliphatic heterocycles. The molecule has 1 aliphatic rings. The lowest BCUT2D eigenvalue weighted by Gasteiger charge is -2.26. The monoisotopic (exact) mass is 596 g/mol. The van der Waals surface area contributed by atoms with Crippen LogP contribution in [0.2, 0.25) is 0 Å². The molecule has 0 aliphatic carbocycles. The van der Waals surface area contributed by atoms with E-state index in [1.165, 1.54) is 6.92 Å². The van der Waals surface area contributed by atoms with Gasteiger partial charge in [0, 0.05) is 6.42 Å². The zero-order valence-electron chi connectivity index (χ0n) is 24.1. The Morgan fingerprint density at radius 2 is 1.47 bits per heavy atom. The third kappa shape index (κ3) is 10.2. The second-order valence-electron chi connectivity index (χ2n) is 10.4. The number of nitrogens with one attached hydrogen (secondary N) is 3. The maximum atomic E-state index is 13.0. The topological polar surface area (TPSA) is 184 Å². The minimum absolute atomic E-state index is 0.0436. The summed E-state index contributed by atoms with van der Waals surface area (Å²) >= 11 is 0. The van der Waals surface area contributed by atoms with Crippen LogP contribution in [0.4, 0.5) is 0 Å². The zero-order chi connectivity index (χ0) is 31.5. The highest BCUT2D eigenvalue weighted by Gasteiger charge is 2.53. The highest BCUT2D eigenvalue weighted by Crippen LogP contribution is 2.25. The van der Waals surface area contributed by atoms with Crippen LogP contribution in [0.5, 0.6) is 0 Å². The van der Waals surface area contributed by atoms with Gasteiger partial charge in [-0.3, -0.25) is 29.4 Å². The number of rotatable bonds is 14. The minimum atomic E-state index is -1.44. The van der Waals surface area contributed by atoms with Crippen molar-refractivity contribution in [3.8, 4) is 0 Å². The predicted octanol–water partition coefficient (Wildman–Crippen LogP) is 0.720. The van der Waals surface area contributed by atoms with Crippen molar-refractivity contribution in [2.45, 2.75) is 64.5 Å². The lowest BCUT2D eigenvalue weighted by Crippen LogP contribution is -2.58. The van der Waals surface area contributed by atoms with Gasteiger partial charge in [0.2, 0.25) is 11.8 Å². The van der Waals surface area contributed by atoms with E-state index in [0.29, 0.717) is 11.4 Å².